The highest BCUT2D eigenvalue weighted by Crippen LogP contribution is 2.49. The first-order valence-corrected chi connectivity index (χ1v) is 8.87. The van der Waals surface area contributed by atoms with Crippen molar-refractivity contribution >= 4 is 11.6 Å². The monoisotopic (exact) mass is 391 g/mol. The van der Waals surface area contributed by atoms with Gasteiger partial charge in [0.1, 0.15) is 12.2 Å². The molecule has 3 aromatic rings. The van der Waals surface area contributed by atoms with E-state index >= 15 is 0 Å². The Kier molecular flexibility index (Phi) is 4.70. The molecule has 0 fully saturated rings. The molecule has 29 heavy (non-hydrogen) atoms. The van der Waals surface area contributed by atoms with Crippen LogP contribution >= 0.6 is 0 Å². The number of hydrogen-bond donors (Lipinski definition) is 3. The predicted molar refractivity (Wildman–Crippen MR) is 102 cm³/mol. The van der Waals surface area contributed by atoms with Crippen LogP contribution in [-0.4, -0.2) is 32.1 Å². The highest BCUT2D eigenvalue weighted by atomic mass is 16.6. The standard InChI is InChI=1S/C19H17N7O3/c1-10(2)25-16-12(18(27)21-8-15-23-9-24-26-15)7-22-19-17(16)28-14-5-11(6-20)3-4-13(14)29-19/h3-5,7,9-10H,8H2,1-2H3,(H,21,27)(H,22,25)(H,23,24,26). The number of carbonyl (C=O) groups excluding carboxylic acids is 1. The van der Waals surface area contributed by atoms with Crippen LogP contribution in [0.5, 0.6) is 23.1 Å². The third-order valence-corrected chi connectivity index (χ3v) is 4.05. The van der Waals surface area contributed by atoms with Gasteiger partial charge in [-0.2, -0.15) is 5.26 Å². The minimum Gasteiger partial charge on any atom is -0.445 e. The van der Waals surface area contributed by atoms with Crippen molar-refractivity contribution in [2.75, 3.05) is 5.32 Å². The molecule has 1 amide bonds. The van der Waals surface area contributed by atoms with Crippen molar-refractivity contribution in [3.63, 3.8) is 0 Å². The van der Waals surface area contributed by atoms with Gasteiger partial charge in [-0.05, 0) is 26.0 Å². The first kappa shape index (κ1) is 18.2. The van der Waals surface area contributed by atoms with Crippen molar-refractivity contribution in [3.05, 3.63) is 47.7 Å². The molecule has 0 bridgehead atoms. The number of anilines is 1. The zero-order valence-corrected chi connectivity index (χ0v) is 15.7. The summed E-state index contributed by atoms with van der Waals surface area (Å²) < 4.78 is 11.8. The van der Waals surface area contributed by atoms with Gasteiger partial charge in [-0.3, -0.25) is 4.79 Å². The van der Waals surface area contributed by atoms with Crippen molar-refractivity contribution in [1.29, 1.82) is 5.26 Å². The summed E-state index contributed by atoms with van der Waals surface area (Å²) in [5.74, 6) is 1.51. The highest BCUT2D eigenvalue weighted by molar-refractivity contribution is 6.01. The first-order chi connectivity index (χ1) is 14.0. The molecule has 3 N–H and O–H groups in total. The molecule has 3 heterocycles. The van der Waals surface area contributed by atoms with Gasteiger partial charge in [0.2, 0.25) is 5.75 Å². The number of aromatic amines is 1. The largest absolute Gasteiger partial charge is 0.445 e. The molecule has 0 saturated heterocycles. The minimum atomic E-state index is -0.361. The van der Waals surface area contributed by atoms with E-state index in [1.165, 1.54) is 12.5 Å². The maximum absolute atomic E-state index is 12.8. The SMILES string of the molecule is CC(C)Nc1c(C(=O)NCc2nnc[nH]2)cnc2c1Oc1cc(C#N)ccc1O2. The van der Waals surface area contributed by atoms with E-state index < -0.39 is 0 Å². The molecule has 1 aromatic carbocycles. The number of nitrogens with zero attached hydrogens (tertiary/aromatic N) is 4. The number of carbonyl (C=O) groups is 1. The number of benzene rings is 1. The summed E-state index contributed by atoms with van der Waals surface area (Å²) in [4.78, 5) is 19.9. The second-order valence-corrected chi connectivity index (χ2v) is 6.58. The second kappa shape index (κ2) is 7.47. The molecule has 1 aliphatic heterocycles. The van der Waals surface area contributed by atoms with Gasteiger partial charge < -0.3 is 25.1 Å². The highest BCUT2D eigenvalue weighted by Gasteiger charge is 2.28. The van der Waals surface area contributed by atoms with Gasteiger partial charge in [0, 0.05) is 18.3 Å². The molecule has 10 nitrogen and oxygen atoms in total. The van der Waals surface area contributed by atoms with E-state index in [-0.39, 0.29) is 30.1 Å². The second-order valence-electron chi connectivity index (χ2n) is 6.58. The Morgan fingerprint density at radius 3 is 2.90 bits per heavy atom. The number of pyridine rings is 1. The summed E-state index contributed by atoms with van der Waals surface area (Å²) in [6.45, 7) is 4.06. The fourth-order valence-corrected chi connectivity index (χ4v) is 2.78. The van der Waals surface area contributed by atoms with Gasteiger partial charge >= 0.3 is 0 Å². The van der Waals surface area contributed by atoms with Crippen LogP contribution in [0.3, 0.4) is 0 Å². The average molecular weight is 391 g/mol. The Labute approximate surface area is 165 Å². The number of H-pyrrole nitrogens is 1. The van der Waals surface area contributed by atoms with Gasteiger partial charge in [-0.15, -0.1) is 10.2 Å². The Bertz CT molecular complexity index is 1100. The first-order valence-electron chi connectivity index (χ1n) is 8.87. The topological polar surface area (TPSA) is 138 Å². The van der Waals surface area contributed by atoms with E-state index in [1.54, 1.807) is 18.2 Å². The number of nitrogens with one attached hydrogen (secondary N) is 3. The van der Waals surface area contributed by atoms with Gasteiger partial charge in [-0.25, -0.2) is 4.98 Å². The molecule has 0 saturated carbocycles. The molecule has 0 atom stereocenters. The van der Waals surface area contributed by atoms with Crippen LogP contribution in [-0.2, 0) is 6.54 Å². The number of rotatable bonds is 5. The molecule has 146 valence electrons. The van der Waals surface area contributed by atoms with Gasteiger partial charge in [0.25, 0.3) is 11.8 Å². The van der Waals surface area contributed by atoms with Crippen molar-refractivity contribution in [1.82, 2.24) is 25.5 Å². The zero-order chi connectivity index (χ0) is 20.4. The fourth-order valence-electron chi connectivity index (χ4n) is 2.78. The third-order valence-electron chi connectivity index (χ3n) is 4.05. The van der Waals surface area contributed by atoms with Crippen molar-refractivity contribution in [2.45, 2.75) is 26.4 Å². The maximum Gasteiger partial charge on any atom is 0.265 e. The third kappa shape index (κ3) is 3.66. The summed E-state index contributed by atoms with van der Waals surface area (Å²) in [7, 11) is 0. The Balaban J connectivity index is 1.69. The quantitative estimate of drug-likeness (QED) is 0.472. The van der Waals surface area contributed by atoms with Crippen LogP contribution in [0, 0.1) is 11.3 Å². The van der Waals surface area contributed by atoms with Crippen LogP contribution in [0.4, 0.5) is 5.69 Å². The zero-order valence-electron chi connectivity index (χ0n) is 15.7. The molecule has 10 heteroatoms. The fraction of sp³-hybridized carbons (Fsp3) is 0.211. The lowest BCUT2D eigenvalue weighted by molar-refractivity contribution is 0.0950. The summed E-state index contributed by atoms with van der Waals surface area (Å²) in [6, 6.07) is 6.93. The van der Waals surface area contributed by atoms with E-state index in [0.717, 1.165) is 0 Å². The predicted octanol–water partition coefficient (Wildman–Crippen LogP) is 2.72. The lowest BCUT2D eigenvalue weighted by atomic mass is 10.1. The van der Waals surface area contributed by atoms with Crippen LogP contribution < -0.4 is 20.1 Å². The number of hydrogen-bond acceptors (Lipinski definition) is 8. The van der Waals surface area contributed by atoms with Crippen LogP contribution in [0.25, 0.3) is 0 Å². The molecular weight excluding hydrogens is 374 g/mol. The summed E-state index contributed by atoms with van der Waals surface area (Å²) >= 11 is 0. The lowest BCUT2D eigenvalue weighted by Gasteiger charge is -2.24. The molecule has 0 spiro atoms. The molecule has 4 rings (SSSR count). The summed E-state index contributed by atoms with van der Waals surface area (Å²) in [6.07, 6.45) is 2.86. The summed E-state index contributed by atoms with van der Waals surface area (Å²) in [5.41, 5.74) is 1.18. The number of nitriles is 1. The van der Waals surface area contributed by atoms with E-state index in [2.05, 4.69) is 36.9 Å². The number of ether oxygens (including phenoxy) is 2. The molecule has 0 aliphatic carbocycles. The van der Waals surface area contributed by atoms with E-state index in [9.17, 15) is 4.79 Å². The van der Waals surface area contributed by atoms with Crippen molar-refractivity contribution in [2.24, 2.45) is 0 Å². The van der Waals surface area contributed by atoms with E-state index in [4.69, 9.17) is 14.7 Å². The van der Waals surface area contributed by atoms with Crippen LogP contribution in [0.15, 0.2) is 30.7 Å². The maximum atomic E-state index is 12.8. The van der Waals surface area contributed by atoms with Gasteiger partial charge in [0.15, 0.2) is 11.5 Å². The Hall–Kier alpha value is -4.13. The van der Waals surface area contributed by atoms with E-state index in [1.807, 2.05) is 13.8 Å². The lowest BCUT2D eigenvalue weighted by Crippen LogP contribution is -2.26. The number of aromatic nitrogens is 4. The number of amides is 1. The molecule has 0 radical (unpaired) electrons. The summed E-state index contributed by atoms with van der Waals surface area (Å²) in [5, 5.41) is 22.6. The van der Waals surface area contributed by atoms with E-state index in [0.29, 0.717) is 34.1 Å². The Morgan fingerprint density at radius 2 is 2.17 bits per heavy atom. The molecule has 2 aromatic heterocycles. The number of fused-ring (bicyclic) bond motifs is 2. The van der Waals surface area contributed by atoms with Crippen molar-refractivity contribution in [3.8, 4) is 29.2 Å². The van der Waals surface area contributed by atoms with Crippen LogP contribution in [0.2, 0.25) is 0 Å². The molecule has 0 unspecified atom stereocenters. The normalized spacial score (nSPS) is 11.5. The molecule has 1 aliphatic rings. The van der Waals surface area contributed by atoms with Crippen LogP contribution in [0.1, 0.15) is 35.6 Å². The Morgan fingerprint density at radius 1 is 1.31 bits per heavy atom. The van der Waals surface area contributed by atoms with Gasteiger partial charge in [-0.1, -0.05) is 0 Å². The smallest absolute Gasteiger partial charge is 0.265 e. The average Bonchev–Trinajstić information content (AvgIpc) is 3.24. The molecular formula is C19H17N7O3. The minimum absolute atomic E-state index is 0.0118. The van der Waals surface area contributed by atoms with Gasteiger partial charge in [0.05, 0.1) is 29.4 Å². The van der Waals surface area contributed by atoms with Crippen molar-refractivity contribution < 1.29 is 14.3 Å².